The zero-order valence-corrected chi connectivity index (χ0v) is 12.9. The number of nitrogens with zero attached hydrogens (tertiary/aromatic N) is 2. The second kappa shape index (κ2) is 7.25. The number of amides is 2. The van der Waals surface area contributed by atoms with E-state index in [1.165, 1.54) is 11.8 Å². The fourth-order valence-corrected chi connectivity index (χ4v) is 2.69. The number of rotatable bonds is 5. The standard InChI is InChI=1S/C13H16N4OS2/c1-9(12-15-5-6-20-12)8-16-13(18)17-10-3-4-14-11(7-10)19-2/h3-7,9H,8H2,1-2H3,(H2,14,16,17,18)/t9-/m1/s1. The van der Waals surface area contributed by atoms with Gasteiger partial charge in [-0.3, -0.25) is 0 Å². The zero-order valence-electron chi connectivity index (χ0n) is 11.3. The van der Waals surface area contributed by atoms with E-state index in [1.807, 2.05) is 24.6 Å². The van der Waals surface area contributed by atoms with Crippen molar-refractivity contribution in [1.82, 2.24) is 15.3 Å². The number of thiazole rings is 1. The van der Waals surface area contributed by atoms with Gasteiger partial charge in [-0.25, -0.2) is 14.8 Å². The van der Waals surface area contributed by atoms with Gasteiger partial charge >= 0.3 is 6.03 Å². The van der Waals surface area contributed by atoms with Crippen LogP contribution in [0.2, 0.25) is 0 Å². The molecule has 0 aliphatic carbocycles. The van der Waals surface area contributed by atoms with Crippen LogP contribution in [0.4, 0.5) is 10.5 Å². The number of aromatic nitrogens is 2. The van der Waals surface area contributed by atoms with E-state index in [2.05, 4.69) is 20.6 Å². The summed E-state index contributed by atoms with van der Waals surface area (Å²) in [5.74, 6) is 0.208. The molecule has 2 N–H and O–H groups in total. The number of hydrogen-bond acceptors (Lipinski definition) is 5. The maximum atomic E-state index is 11.8. The molecule has 0 bridgehead atoms. The Hall–Kier alpha value is -1.60. The second-order valence-corrected chi connectivity index (χ2v) is 5.95. The van der Waals surface area contributed by atoms with Gasteiger partial charge in [-0.1, -0.05) is 6.92 Å². The summed E-state index contributed by atoms with van der Waals surface area (Å²) in [5.41, 5.74) is 0.740. The van der Waals surface area contributed by atoms with Crippen LogP contribution in [0, 0.1) is 0 Å². The van der Waals surface area contributed by atoms with E-state index in [9.17, 15) is 4.79 Å². The van der Waals surface area contributed by atoms with Gasteiger partial charge in [0.1, 0.15) is 0 Å². The highest BCUT2D eigenvalue weighted by Crippen LogP contribution is 2.17. The molecule has 0 spiro atoms. The van der Waals surface area contributed by atoms with E-state index in [-0.39, 0.29) is 11.9 Å². The average Bonchev–Trinajstić information content (AvgIpc) is 2.99. The first-order valence-corrected chi connectivity index (χ1v) is 8.23. The van der Waals surface area contributed by atoms with E-state index in [0.717, 1.165) is 15.7 Å². The summed E-state index contributed by atoms with van der Waals surface area (Å²) in [7, 11) is 0. The Bertz CT molecular complexity index is 559. The largest absolute Gasteiger partial charge is 0.337 e. The van der Waals surface area contributed by atoms with Gasteiger partial charge in [0.05, 0.1) is 10.0 Å². The molecule has 20 heavy (non-hydrogen) atoms. The fourth-order valence-electron chi connectivity index (χ4n) is 1.59. The molecule has 1 atom stereocenters. The van der Waals surface area contributed by atoms with Gasteiger partial charge < -0.3 is 10.6 Å². The Kier molecular flexibility index (Phi) is 5.37. The van der Waals surface area contributed by atoms with Crippen molar-refractivity contribution in [3.8, 4) is 0 Å². The number of urea groups is 1. The molecule has 2 rings (SSSR count). The van der Waals surface area contributed by atoms with Crippen molar-refractivity contribution in [3.05, 3.63) is 34.9 Å². The molecular weight excluding hydrogens is 292 g/mol. The summed E-state index contributed by atoms with van der Waals surface area (Å²) in [6.45, 7) is 2.59. The molecular formula is C13H16N4OS2. The number of anilines is 1. The van der Waals surface area contributed by atoms with Crippen molar-refractivity contribution in [2.45, 2.75) is 17.9 Å². The van der Waals surface area contributed by atoms with Gasteiger partial charge in [0.25, 0.3) is 0 Å². The Labute approximate surface area is 126 Å². The van der Waals surface area contributed by atoms with E-state index in [1.54, 1.807) is 29.8 Å². The minimum atomic E-state index is -0.216. The first kappa shape index (κ1) is 14.8. The highest BCUT2D eigenvalue weighted by atomic mass is 32.2. The number of carbonyl (C=O) groups is 1. The predicted molar refractivity (Wildman–Crippen MR) is 83.6 cm³/mol. The summed E-state index contributed by atoms with van der Waals surface area (Å²) in [4.78, 5) is 20.2. The predicted octanol–water partition coefficient (Wildman–Crippen LogP) is 3.19. The lowest BCUT2D eigenvalue weighted by atomic mass is 10.2. The maximum absolute atomic E-state index is 11.8. The molecule has 7 heteroatoms. The van der Waals surface area contributed by atoms with Crippen LogP contribution in [-0.2, 0) is 0 Å². The summed E-state index contributed by atoms with van der Waals surface area (Å²) >= 11 is 3.13. The minimum Gasteiger partial charge on any atom is -0.337 e. The van der Waals surface area contributed by atoms with Gasteiger partial charge in [0, 0.05) is 35.9 Å². The topological polar surface area (TPSA) is 66.9 Å². The quantitative estimate of drug-likeness (QED) is 0.833. The second-order valence-electron chi connectivity index (χ2n) is 4.19. The van der Waals surface area contributed by atoms with Crippen molar-refractivity contribution in [2.75, 3.05) is 18.1 Å². The molecule has 2 aromatic rings. The van der Waals surface area contributed by atoms with E-state index in [4.69, 9.17) is 0 Å². The third kappa shape index (κ3) is 4.21. The number of hydrogen-bond donors (Lipinski definition) is 2. The lowest BCUT2D eigenvalue weighted by Crippen LogP contribution is -2.31. The lowest BCUT2D eigenvalue weighted by Gasteiger charge is -2.11. The number of thioether (sulfide) groups is 1. The molecule has 0 saturated carbocycles. The molecule has 106 valence electrons. The van der Waals surface area contributed by atoms with Crippen molar-refractivity contribution in [2.24, 2.45) is 0 Å². The molecule has 0 radical (unpaired) electrons. The van der Waals surface area contributed by atoms with Crippen LogP contribution in [0.3, 0.4) is 0 Å². The molecule has 0 aliphatic rings. The van der Waals surface area contributed by atoms with Crippen LogP contribution in [-0.4, -0.2) is 28.8 Å². The number of pyridine rings is 1. The van der Waals surface area contributed by atoms with Crippen molar-refractivity contribution in [3.63, 3.8) is 0 Å². The van der Waals surface area contributed by atoms with Gasteiger partial charge in [-0.2, -0.15) is 0 Å². The van der Waals surface area contributed by atoms with Crippen LogP contribution in [0.25, 0.3) is 0 Å². The van der Waals surface area contributed by atoms with Crippen molar-refractivity contribution >= 4 is 34.8 Å². The molecule has 2 heterocycles. The molecule has 0 aromatic carbocycles. The molecule has 5 nitrogen and oxygen atoms in total. The average molecular weight is 308 g/mol. The van der Waals surface area contributed by atoms with Gasteiger partial charge in [-0.05, 0) is 18.4 Å². The minimum absolute atomic E-state index is 0.208. The third-order valence-electron chi connectivity index (χ3n) is 2.64. The highest BCUT2D eigenvalue weighted by Gasteiger charge is 2.10. The van der Waals surface area contributed by atoms with Crippen molar-refractivity contribution in [1.29, 1.82) is 0 Å². The Morgan fingerprint density at radius 2 is 2.30 bits per heavy atom. The monoisotopic (exact) mass is 308 g/mol. The first-order chi connectivity index (χ1) is 9.69. The van der Waals surface area contributed by atoms with E-state index >= 15 is 0 Å². The van der Waals surface area contributed by atoms with Crippen LogP contribution in [0.15, 0.2) is 34.9 Å². The van der Waals surface area contributed by atoms with Crippen LogP contribution in [0.5, 0.6) is 0 Å². The molecule has 0 fully saturated rings. The maximum Gasteiger partial charge on any atom is 0.319 e. The van der Waals surface area contributed by atoms with E-state index < -0.39 is 0 Å². The summed E-state index contributed by atoms with van der Waals surface area (Å²) in [6.07, 6.45) is 5.40. The number of nitrogens with one attached hydrogen (secondary N) is 2. The Balaban J connectivity index is 1.83. The summed E-state index contributed by atoms with van der Waals surface area (Å²) < 4.78 is 0. The third-order valence-corrected chi connectivity index (χ3v) is 4.29. The molecule has 0 aliphatic heterocycles. The van der Waals surface area contributed by atoms with Crippen LogP contribution >= 0.6 is 23.1 Å². The lowest BCUT2D eigenvalue weighted by molar-refractivity contribution is 0.251. The first-order valence-electron chi connectivity index (χ1n) is 6.13. The van der Waals surface area contributed by atoms with Gasteiger partial charge in [0.2, 0.25) is 0 Å². The smallest absolute Gasteiger partial charge is 0.319 e. The summed E-state index contributed by atoms with van der Waals surface area (Å²) in [6, 6.07) is 3.39. The van der Waals surface area contributed by atoms with Crippen LogP contribution in [0.1, 0.15) is 17.8 Å². The van der Waals surface area contributed by atoms with Crippen molar-refractivity contribution < 1.29 is 4.79 Å². The Morgan fingerprint density at radius 3 is 3.00 bits per heavy atom. The summed E-state index contributed by atoms with van der Waals surface area (Å²) in [5, 5.41) is 9.48. The molecule has 2 aromatic heterocycles. The highest BCUT2D eigenvalue weighted by molar-refractivity contribution is 7.98. The van der Waals surface area contributed by atoms with Gasteiger partial charge in [0.15, 0.2) is 0 Å². The number of carbonyl (C=O) groups excluding carboxylic acids is 1. The van der Waals surface area contributed by atoms with Crippen LogP contribution < -0.4 is 10.6 Å². The van der Waals surface area contributed by atoms with Gasteiger partial charge in [-0.15, -0.1) is 23.1 Å². The zero-order chi connectivity index (χ0) is 14.4. The SMILES string of the molecule is CSc1cc(NC(=O)NC[C@@H](C)c2nccs2)ccn1. The normalized spacial score (nSPS) is 11.9. The van der Waals surface area contributed by atoms with E-state index in [0.29, 0.717) is 6.54 Å². The molecule has 0 saturated heterocycles. The fraction of sp³-hybridized carbons (Fsp3) is 0.308. The Morgan fingerprint density at radius 1 is 1.45 bits per heavy atom. The molecule has 0 unspecified atom stereocenters. The molecule has 2 amide bonds.